The molecule has 4 nitrogen and oxygen atoms in total. The van der Waals surface area contributed by atoms with E-state index in [1.54, 1.807) is 0 Å². The molecule has 5 aromatic carbocycles. The molecular weight excluding hydrogens is 494 g/mol. The van der Waals surface area contributed by atoms with Crippen LogP contribution in [0.2, 0.25) is 0 Å². The summed E-state index contributed by atoms with van der Waals surface area (Å²) in [7, 11) is 0. The van der Waals surface area contributed by atoms with E-state index in [-0.39, 0.29) is 11.9 Å². The van der Waals surface area contributed by atoms with Gasteiger partial charge in [0, 0.05) is 23.7 Å². The Morgan fingerprint density at radius 3 is 2.08 bits per heavy atom. The number of hydrogen-bond donors (Lipinski definition) is 0. The number of carbonyl (C=O) groups excluding carboxylic acids is 1. The zero-order valence-corrected chi connectivity index (χ0v) is 22.1. The maximum Gasteiger partial charge on any atom is 0.240 e. The average molecular weight is 524 g/mol. The van der Waals surface area contributed by atoms with Gasteiger partial charge in [0.15, 0.2) is 0 Å². The number of rotatable bonds is 7. The Morgan fingerprint density at radius 2 is 1.38 bits per heavy atom. The Labute approximate surface area is 234 Å². The Balaban J connectivity index is 1.35. The second kappa shape index (κ2) is 10.4. The van der Waals surface area contributed by atoms with Crippen LogP contribution in [0.15, 0.2) is 127 Å². The maximum atomic E-state index is 14.7. The van der Waals surface area contributed by atoms with E-state index >= 15 is 0 Å². The molecule has 0 saturated heterocycles. The molecule has 0 bridgehead atoms. The van der Waals surface area contributed by atoms with Gasteiger partial charge in [-0.3, -0.25) is 9.69 Å². The van der Waals surface area contributed by atoms with Crippen molar-refractivity contribution in [1.29, 1.82) is 0 Å². The molecule has 196 valence electrons. The van der Waals surface area contributed by atoms with Gasteiger partial charge in [-0.25, -0.2) is 0 Å². The molecule has 1 unspecified atom stereocenters. The Morgan fingerprint density at radius 1 is 0.750 bits per heavy atom. The highest BCUT2D eigenvalue weighted by molar-refractivity contribution is 6.08. The van der Waals surface area contributed by atoms with Crippen LogP contribution in [0.4, 0.5) is 5.69 Å². The normalized spacial score (nSPS) is 15.6. The first-order chi connectivity index (χ1) is 19.8. The maximum absolute atomic E-state index is 14.7. The Bertz CT molecular complexity index is 1610. The van der Waals surface area contributed by atoms with Gasteiger partial charge in [0.2, 0.25) is 5.91 Å². The van der Waals surface area contributed by atoms with Crippen LogP contribution < -0.4 is 14.4 Å². The molecule has 7 rings (SSSR count). The van der Waals surface area contributed by atoms with Gasteiger partial charge in [-0.2, -0.15) is 0 Å². The fourth-order valence-electron chi connectivity index (χ4n) is 5.98. The number of anilines is 1. The molecule has 2 aliphatic heterocycles. The van der Waals surface area contributed by atoms with E-state index in [4.69, 9.17) is 9.47 Å². The number of para-hydroxylation sites is 1. The third-order valence-electron chi connectivity index (χ3n) is 7.85. The van der Waals surface area contributed by atoms with E-state index in [0.717, 1.165) is 51.2 Å². The van der Waals surface area contributed by atoms with E-state index in [1.165, 1.54) is 0 Å². The van der Waals surface area contributed by atoms with Crippen molar-refractivity contribution in [2.45, 2.75) is 25.0 Å². The van der Waals surface area contributed by atoms with Crippen molar-refractivity contribution in [3.05, 3.63) is 161 Å². The van der Waals surface area contributed by atoms with Crippen molar-refractivity contribution < 1.29 is 14.3 Å². The summed E-state index contributed by atoms with van der Waals surface area (Å²) in [4.78, 5) is 16.7. The number of fused-ring (bicyclic) bond motifs is 2. The smallest absolute Gasteiger partial charge is 0.240 e. The molecule has 0 saturated carbocycles. The molecule has 5 aromatic rings. The number of nitrogens with zero attached hydrogens (tertiary/aromatic N) is 1. The van der Waals surface area contributed by atoms with Gasteiger partial charge >= 0.3 is 0 Å². The molecular formula is C36H29NO3. The average Bonchev–Trinajstić information content (AvgIpc) is 3.59. The van der Waals surface area contributed by atoms with E-state index in [9.17, 15) is 4.79 Å². The molecule has 0 radical (unpaired) electrons. The third-order valence-corrected chi connectivity index (χ3v) is 7.85. The van der Waals surface area contributed by atoms with Crippen molar-refractivity contribution in [2.75, 3.05) is 11.5 Å². The predicted octanol–water partition coefficient (Wildman–Crippen LogP) is 7.47. The fraction of sp³-hybridized carbons (Fsp3) is 0.139. The van der Waals surface area contributed by atoms with Crippen LogP contribution in [-0.4, -0.2) is 12.5 Å². The summed E-state index contributed by atoms with van der Waals surface area (Å²) in [6, 6.07) is 42.7. The number of amides is 1. The summed E-state index contributed by atoms with van der Waals surface area (Å²) in [6.07, 6.45) is 0.824. The van der Waals surface area contributed by atoms with Gasteiger partial charge in [0.05, 0.1) is 18.6 Å². The summed E-state index contributed by atoms with van der Waals surface area (Å²) >= 11 is 0. The second-order valence-corrected chi connectivity index (χ2v) is 10.3. The van der Waals surface area contributed by atoms with Crippen LogP contribution in [0.5, 0.6) is 11.5 Å². The lowest BCUT2D eigenvalue weighted by atomic mass is 9.90. The number of ether oxygens (including phenoxy) is 2. The van der Waals surface area contributed by atoms with Crippen molar-refractivity contribution in [2.24, 2.45) is 0 Å². The first kappa shape index (κ1) is 24.2. The molecule has 4 heteroatoms. The molecule has 1 atom stereocenters. The van der Waals surface area contributed by atoms with Gasteiger partial charge in [-0.05, 0) is 39.9 Å². The van der Waals surface area contributed by atoms with Crippen molar-refractivity contribution in [1.82, 2.24) is 0 Å². The summed E-state index contributed by atoms with van der Waals surface area (Å²) in [5.74, 6) is 1.09. The highest BCUT2D eigenvalue weighted by Crippen LogP contribution is 2.50. The van der Waals surface area contributed by atoms with Crippen LogP contribution in [0, 0.1) is 0 Å². The summed E-state index contributed by atoms with van der Waals surface area (Å²) in [5, 5.41) is 0. The Kier molecular flexibility index (Phi) is 6.29. The largest absolute Gasteiger partial charge is 0.493 e. The van der Waals surface area contributed by atoms with E-state index in [1.807, 2.05) is 89.8 Å². The number of benzene rings is 5. The standard InChI is InChI=1S/C36H29NO3/c38-36-34(30-22-28-20-21-39-32(28)23-33(30)40-24-25-12-4-1-5-13-25)29-18-10-11-19-31(29)37(36)35(26-14-6-2-7-15-26)27-16-8-3-9-17-27/h1-19,22-23,34-35H,20-21,24H2. The summed E-state index contributed by atoms with van der Waals surface area (Å²) < 4.78 is 12.3. The molecule has 0 spiro atoms. The van der Waals surface area contributed by atoms with E-state index < -0.39 is 5.92 Å². The van der Waals surface area contributed by atoms with Crippen molar-refractivity contribution in [3.8, 4) is 11.5 Å². The molecule has 0 aromatic heterocycles. The zero-order chi connectivity index (χ0) is 26.9. The van der Waals surface area contributed by atoms with Gasteiger partial charge in [-0.1, -0.05) is 109 Å². The van der Waals surface area contributed by atoms with Crippen molar-refractivity contribution in [3.63, 3.8) is 0 Å². The van der Waals surface area contributed by atoms with Crippen LogP contribution >= 0.6 is 0 Å². The lowest BCUT2D eigenvalue weighted by Crippen LogP contribution is -2.34. The lowest BCUT2D eigenvalue weighted by Gasteiger charge is -2.30. The molecule has 0 N–H and O–H groups in total. The highest BCUT2D eigenvalue weighted by atomic mass is 16.5. The van der Waals surface area contributed by atoms with Gasteiger partial charge in [0.25, 0.3) is 0 Å². The van der Waals surface area contributed by atoms with Gasteiger partial charge in [0.1, 0.15) is 18.1 Å². The van der Waals surface area contributed by atoms with Gasteiger partial charge in [-0.15, -0.1) is 0 Å². The zero-order valence-electron chi connectivity index (χ0n) is 22.1. The molecule has 2 heterocycles. The SMILES string of the molecule is O=C1C(c2cc3c(cc2OCc2ccccc2)OCC3)c2ccccc2N1C(c1ccccc1)c1ccccc1. The number of hydrogen-bond acceptors (Lipinski definition) is 3. The minimum absolute atomic E-state index is 0.0438. The highest BCUT2D eigenvalue weighted by Gasteiger charge is 2.44. The van der Waals surface area contributed by atoms with Crippen molar-refractivity contribution >= 4 is 11.6 Å². The fourth-order valence-corrected chi connectivity index (χ4v) is 5.98. The predicted molar refractivity (Wildman–Crippen MR) is 157 cm³/mol. The first-order valence-electron chi connectivity index (χ1n) is 13.8. The summed E-state index contributed by atoms with van der Waals surface area (Å²) in [5.41, 5.74) is 7.14. The van der Waals surface area contributed by atoms with Crippen LogP contribution in [0.1, 0.15) is 45.3 Å². The molecule has 1 amide bonds. The quantitative estimate of drug-likeness (QED) is 0.222. The molecule has 40 heavy (non-hydrogen) atoms. The minimum atomic E-state index is -0.484. The monoisotopic (exact) mass is 523 g/mol. The van der Waals surface area contributed by atoms with Crippen LogP contribution in [0.25, 0.3) is 0 Å². The number of carbonyl (C=O) groups is 1. The van der Waals surface area contributed by atoms with Gasteiger partial charge < -0.3 is 9.47 Å². The lowest BCUT2D eigenvalue weighted by molar-refractivity contribution is -0.118. The molecule has 0 fully saturated rings. The topological polar surface area (TPSA) is 38.8 Å². The first-order valence-corrected chi connectivity index (χ1v) is 13.8. The minimum Gasteiger partial charge on any atom is -0.493 e. The second-order valence-electron chi connectivity index (χ2n) is 10.3. The summed E-state index contributed by atoms with van der Waals surface area (Å²) in [6.45, 7) is 1.05. The van der Waals surface area contributed by atoms with Crippen LogP contribution in [0.3, 0.4) is 0 Å². The molecule has 0 aliphatic carbocycles. The molecule has 2 aliphatic rings. The van der Waals surface area contributed by atoms with E-state index in [0.29, 0.717) is 19.0 Å². The Hall–Kier alpha value is -4.83. The van der Waals surface area contributed by atoms with Crippen LogP contribution in [-0.2, 0) is 17.8 Å². The van der Waals surface area contributed by atoms with E-state index in [2.05, 4.69) is 42.5 Å². The third kappa shape index (κ3) is 4.32.